The summed E-state index contributed by atoms with van der Waals surface area (Å²) < 4.78 is 0.698. The molecule has 1 aliphatic rings. The van der Waals surface area contributed by atoms with Crippen LogP contribution in [0.2, 0.25) is 0 Å². The Morgan fingerprint density at radius 1 is 1.33 bits per heavy atom. The lowest BCUT2D eigenvalue weighted by Crippen LogP contribution is -2.57. The van der Waals surface area contributed by atoms with E-state index in [1.54, 1.807) is 12.4 Å². The zero-order valence-electron chi connectivity index (χ0n) is 8.77. The normalized spacial score (nSPS) is 19.5. The molecule has 1 fully saturated rings. The van der Waals surface area contributed by atoms with Crippen molar-refractivity contribution in [1.29, 1.82) is 5.26 Å². The van der Waals surface area contributed by atoms with E-state index in [2.05, 4.69) is 28.4 Å². The molecule has 1 aliphatic heterocycles. The third-order valence-electron chi connectivity index (χ3n) is 2.86. The first kappa shape index (κ1) is 10.0. The Morgan fingerprint density at radius 3 is 2.67 bits per heavy atom. The predicted molar refractivity (Wildman–Crippen MR) is 57.1 cm³/mol. The maximum atomic E-state index is 8.99. The molecule has 0 saturated carbocycles. The third-order valence-corrected chi connectivity index (χ3v) is 2.86. The highest BCUT2D eigenvalue weighted by Gasteiger charge is 2.32. The molecule has 0 amide bonds. The van der Waals surface area contributed by atoms with Crippen LogP contribution in [-0.4, -0.2) is 43.2 Å². The second kappa shape index (κ2) is 3.93. The summed E-state index contributed by atoms with van der Waals surface area (Å²) in [7, 11) is 2.10. The topological polar surface area (TPSA) is 61.6 Å². The van der Waals surface area contributed by atoms with E-state index < -0.39 is 0 Å². The van der Waals surface area contributed by atoms with Gasteiger partial charge in [-0.25, -0.2) is 9.97 Å². The molecule has 0 spiro atoms. The zero-order chi connectivity index (χ0) is 10.7. The summed E-state index contributed by atoms with van der Waals surface area (Å²) >= 11 is 0. The maximum Gasteiger partial charge on any atom is 0.264 e. The van der Waals surface area contributed by atoms with E-state index in [9.17, 15) is 0 Å². The number of hydrogen-bond acceptors (Lipinski definition) is 4. The Hall–Kier alpha value is -1.51. The molecular weight excluding hydrogens is 190 g/mol. The molecular formula is C10H14N5+. The van der Waals surface area contributed by atoms with Gasteiger partial charge in [0.15, 0.2) is 0 Å². The van der Waals surface area contributed by atoms with E-state index in [1.807, 2.05) is 0 Å². The molecule has 0 aliphatic carbocycles. The molecule has 15 heavy (non-hydrogen) atoms. The number of nitriles is 1. The average Bonchev–Trinajstić information content (AvgIpc) is 2.30. The molecule has 0 radical (unpaired) electrons. The highest BCUT2D eigenvalue weighted by Crippen LogP contribution is 2.21. The molecule has 2 rings (SSSR count). The van der Waals surface area contributed by atoms with Crippen LogP contribution in [0.4, 0.5) is 5.82 Å². The number of piperazine rings is 1. The van der Waals surface area contributed by atoms with Crippen LogP contribution in [-0.2, 0) is 0 Å². The fourth-order valence-corrected chi connectivity index (χ4v) is 1.90. The van der Waals surface area contributed by atoms with Crippen molar-refractivity contribution in [2.45, 2.75) is 0 Å². The smallest absolute Gasteiger partial charge is 0.264 e. The molecule has 0 unspecified atom stereocenters. The summed E-state index contributed by atoms with van der Waals surface area (Å²) in [6, 6.07) is 2.11. The Morgan fingerprint density at radius 2 is 2.00 bits per heavy atom. The summed E-state index contributed by atoms with van der Waals surface area (Å²) in [6.07, 6.45) is 3.22. The molecule has 1 aromatic rings. The highest BCUT2D eigenvalue weighted by atomic mass is 15.4. The molecule has 78 valence electrons. The first-order valence-electron chi connectivity index (χ1n) is 5.03. The quantitative estimate of drug-likeness (QED) is 0.648. The monoisotopic (exact) mass is 204 g/mol. The van der Waals surface area contributed by atoms with Crippen LogP contribution in [0.1, 0.15) is 5.69 Å². The van der Waals surface area contributed by atoms with Gasteiger partial charge < -0.3 is 5.32 Å². The van der Waals surface area contributed by atoms with Crippen molar-refractivity contribution >= 4 is 5.82 Å². The minimum atomic E-state index is 0.446. The summed E-state index contributed by atoms with van der Waals surface area (Å²) in [5, 5.41) is 12.3. The lowest BCUT2D eigenvalue weighted by atomic mass is 10.2. The summed E-state index contributed by atoms with van der Waals surface area (Å²) in [6.45, 7) is 3.82. The number of nitrogens with one attached hydrogen (secondary N) is 1. The molecule has 5 heteroatoms. The van der Waals surface area contributed by atoms with Gasteiger partial charge in [0.25, 0.3) is 5.82 Å². The van der Waals surface area contributed by atoms with E-state index in [0.717, 1.165) is 32.0 Å². The van der Waals surface area contributed by atoms with Crippen molar-refractivity contribution in [1.82, 2.24) is 19.8 Å². The lowest BCUT2D eigenvalue weighted by Gasteiger charge is -2.36. The van der Waals surface area contributed by atoms with Crippen LogP contribution in [0, 0.1) is 11.3 Å². The third kappa shape index (κ3) is 1.82. The average molecular weight is 204 g/mol. The van der Waals surface area contributed by atoms with Gasteiger partial charge in [-0.15, -0.1) is 0 Å². The Labute approximate surface area is 89.0 Å². The van der Waals surface area contributed by atoms with E-state index >= 15 is 0 Å². The number of likely N-dealkylation sites (N-methyl/N-ethyl adjacent to an activating group) is 1. The van der Waals surface area contributed by atoms with Gasteiger partial charge in [0.1, 0.15) is 6.07 Å². The van der Waals surface area contributed by atoms with Crippen LogP contribution in [0.25, 0.3) is 0 Å². The van der Waals surface area contributed by atoms with Crippen molar-refractivity contribution in [2.24, 2.45) is 0 Å². The van der Waals surface area contributed by atoms with Crippen molar-refractivity contribution in [3.8, 4) is 6.07 Å². The van der Waals surface area contributed by atoms with Crippen molar-refractivity contribution < 1.29 is 0 Å². The van der Waals surface area contributed by atoms with Crippen molar-refractivity contribution in [3.05, 3.63) is 18.1 Å². The molecule has 5 nitrogen and oxygen atoms in total. The fraction of sp³-hybridized carbons (Fsp3) is 0.500. The zero-order valence-corrected chi connectivity index (χ0v) is 8.77. The molecule has 0 aromatic carbocycles. The highest BCUT2D eigenvalue weighted by molar-refractivity contribution is 5.46. The van der Waals surface area contributed by atoms with Gasteiger partial charge >= 0.3 is 0 Å². The Bertz CT molecular complexity index is 389. The largest absolute Gasteiger partial charge is 0.306 e. The lowest BCUT2D eigenvalue weighted by molar-refractivity contribution is 0.280. The maximum absolute atomic E-state index is 8.99. The molecule has 0 bridgehead atoms. The fourth-order valence-electron chi connectivity index (χ4n) is 1.90. The Balaban J connectivity index is 2.39. The van der Waals surface area contributed by atoms with Crippen molar-refractivity contribution in [3.63, 3.8) is 0 Å². The predicted octanol–water partition coefficient (Wildman–Crippen LogP) is -0.111. The van der Waals surface area contributed by atoms with Gasteiger partial charge in [-0.2, -0.15) is 5.26 Å². The van der Waals surface area contributed by atoms with E-state index in [4.69, 9.17) is 5.26 Å². The van der Waals surface area contributed by atoms with Gasteiger partial charge in [0, 0.05) is 19.3 Å². The number of quaternary nitrogens is 1. The van der Waals surface area contributed by atoms with Gasteiger partial charge in [-0.1, -0.05) is 0 Å². The number of rotatable bonds is 1. The van der Waals surface area contributed by atoms with Crippen LogP contribution in [0.3, 0.4) is 0 Å². The van der Waals surface area contributed by atoms with E-state index in [-0.39, 0.29) is 0 Å². The van der Waals surface area contributed by atoms with Gasteiger partial charge in [0.05, 0.1) is 26.3 Å². The van der Waals surface area contributed by atoms with Crippen LogP contribution >= 0.6 is 0 Å². The summed E-state index contributed by atoms with van der Waals surface area (Å²) in [5.74, 6) is 0.793. The molecule has 1 N–H and O–H groups in total. The minimum absolute atomic E-state index is 0.446. The molecule has 1 saturated heterocycles. The van der Waals surface area contributed by atoms with Gasteiger partial charge in [0.2, 0.25) is 5.69 Å². The first-order valence-corrected chi connectivity index (χ1v) is 5.03. The minimum Gasteiger partial charge on any atom is -0.306 e. The van der Waals surface area contributed by atoms with E-state index in [0.29, 0.717) is 10.2 Å². The van der Waals surface area contributed by atoms with Gasteiger partial charge in [-0.05, 0) is 0 Å². The van der Waals surface area contributed by atoms with Crippen LogP contribution < -0.4 is 9.80 Å². The molecule has 2 heterocycles. The summed E-state index contributed by atoms with van der Waals surface area (Å²) in [4.78, 5) is 8.36. The second-order valence-electron chi connectivity index (χ2n) is 3.93. The summed E-state index contributed by atoms with van der Waals surface area (Å²) in [5.41, 5.74) is 0.446. The van der Waals surface area contributed by atoms with E-state index in [1.165, 1.54) is 0 Å². The molecule has 1 aromatic heterocycles. The number of aromatic nitrogens is 2. The molecule has 0 atom stereocenters. The first-order chi connectivity index (χ1) is 7.26. The van der Waals surface area contributed by atoms with Gasteiger partial charge in [-0.3, -0.25) is 4.48 Å². The number of hydrogen-bond donors (Lipinski definition) is 1. The standard InChI is InChI=1S/C10H14N5/c1-15(6-4-12-5-7-15)10-9(8-11)13-2-3-14-10/h2-3,12H,4-7H2,1H3/q+1. The number of nitrogens with zero attached hydrogens (tertiary/aromatic N) is 4. The SMILES string of the molecule is C[N+]1(c2nccnc2C#N)CCNCC1. The van der Waals surface area contributed by atoms with Crippen LogP contribution in [0.15, 0.2) is 12.4 Å². The van der Waals surface area contributed by atoms with Crippen LogP contribution in [0.5, 0.6) is 0 Å². The van der Waals surface area contributed by atoms with Crippen molar-refractivity contribution in [2.75, 3.05) is 33.2 Å². The Kier molecular flexibility index (Phi) is 2.62. The second-order valence-corrected chi connectivity index (χ2v) is 3.93.